The first kappa shape index (κ1) is 17.1. The van der Waals surface area contributed by atoms with Crippen molar-refractivity contribution in [3.8, 4) is 0 Å². The molecule has 3 rings (SSSR count). The van der Waals surface area contributed by atoms with Crippen molar-refractivity contribution in [3.63, 3.8) is 0 Å². The molecule has 0 unspecified atom stereocenters. The van der Waals surface area contributed by atoms with Gasteiger partial charge in [-0.05, 0) is 25.7 Å². The fourth-order valence-corrected chi connectivity index (χ4v) is 4.68. The molecule has 0 aromatic rings. The maximum absolute atomic E-state index is 12.9. The molecule has 0 bridgehead atoms. The van der Waals surface area contributed by atoms with Gasteiger partial charge in [-0.15, -0.1) is 11.6 Å². The second kappa shape index (κ2) is 7.05. The highest BCUT2D eigenvalue weighted by molar-refractivity contribution is 6.21. The van der Waals surface area contributed by atoms with Gasteiger partial charge in [0.1, 0.15) is 0 Å². The van der Waals surface area contributed by atoms with Crippen molar-refractivity contribution in [2.75, 3.05) is 13.7 Å². The molecule has 4 atom stereocenters. The van der Waals surface area contributed by atoms with E-state index in [0.717, 1.165) is 25.7 Å². The number of fused-ring (bicyclic) bond motifs is 1. The standard InChI is InChI=1S/C16H25ClN2O4/c1-18-13(11(17)8-5-9-20)12-14(23-18)16(22)19(15(12)21)10-6-3-2-4-7-10/h10-14,20H,2-9H2,1H3/t11-,12+,13-,14-/m1/s1. The van der Waals surface area contributed by atoms with Crippen molar-refractivity contribution in [1.82, 2.24) is 9.96 Å². The molecule has 0 radical (unpaired) electrons. The third-order valence-corrected chi connectivity index (χ3v) is 5.82. The Morgan fingerprint density at radius 1 is 1.26 bits per heavy atom. The molecule has 1 aliphatic carbocycles. The van der Waals surface area contributed by atoms with Crippen LogP contribution in [-0.2, 0) is 14.4 Å². The average Bonchev–Trinajstić information content (AvgIpc) is 3.01. The first-order valence-corrected chi connectivity index (χ1v) is 9.01. The fourth-order valence-electron chi connectivity index (χ4n) is 4.21. The summed E-state index contributed by atoms with van der Waals surface area (Å²) in [5, 5.41) is 10.2. The Bertz CT molecular complexity index is 469. The smallest absolute Gasteiger partial charge is 0.261 e. The number of imide groups is 1. The van der Waals surface area contributed by atoms with E-state index in [-0.39, 0.29) is 35.9 Å². The largest absolute Gasteiger partial charge is 0.396 e. The molecular weight excluding hydrogens is 320 g/mol. The van der Waals surface area contributed by atoms with Crippen LogP contribution in [0.4, 0.5) is 0 Å². The van der Waals surface area contributed by atoms with E-state index in [1.54, 1.807) is 12.1 Å². The van der Waals surface area contributed by atoms with Crippen LogP contribution in [0.5, 0.6) is 0 Å². The maximum atomic E-state index is 12.9. The van der Waals surface area contributed by atoms with Crippen LogP contribution in [-0.4, -0.2) is 64.1 Å². The molecule has 23 heavy (non-hydrogen) atoms. The predicted octanol–water partition coefficient (Wildman–Crippen LogP) is 1.30. The Morgan fingerprint density at radius 3 is 2.61 bits per heavy atom. The molecule has 1 saturated carbocycles. The van der Waals surface area contributed by atoms with Gasteiger partial charge in [0.2, 0.25) is 5.91 Å². The molecule has 2 aliphatic heterocycles. The molecule has 3 fully saturated rings. The third-order valence-electron chi connectivity index (χ3n) is 5.35. The zero-order valence-corrected chi connectivity index (χ0v) is 14.2. The van der Waals surface area contributed by atoms with Crippen LogP contribution in [0.25, 0.3) is 0 Å². The Labute approximate surface area is 141 Å². The summed E-state index contributed by atoms with van der Waals surface area (Å²) in [6.45, 7) is 0.0652. The summed E-state index contributed by atoms with van der Waals surface area (Å²) in [5.41, 5.74) is 0. The molecule has 2 heterocycles. The van der Waals surface area contributed by atoms with Crippen LogP contribution in [0.15, 0.2) is 0 Å². The molecule has 7 heteroatoms. The average molecular weight is 345 g/mol. The number of hydrogen-bond acceptors (Lipinski definition) is 5. The van der Waals surface area contributed by atoms with E-state index in [1.165, 1.54) is 11.3 Å². The lowest BCUT2D eigenvalue weighted by atomic mass is 9.91. The highest BCUT2D eigenvalue weighted by Crippen LogP contribution is 2.41. The van der Waals surface area contributed by atoms with Gasteiger partial charge < -0.3 is 5.11 Å². The first-order chi connectivity index (χ1) is 11.1. The Kier molecular flexibility index (Phi) is 5.26. The van der Waals surface area contributed by atoms with Gasteiger partial charge in [-0.3, -0.25) is 19.3 Å². The SMILES string of the molecule is CN1O[C@H]2C(=O)N(C3CCCCC3)C(=O)[C@H]2[C@H]1[C@H](Cl)CCCO. The summed E-state index contributed by atoms with van der Waals surface area (Å²) in [4.78, 5) is 32.8. The topological polar surface area (TPSA) is 70.1 Å². The lowest BCUT2D eigenvalue weighted by Gasteiger charge is -2.32. The van der Waals surface area contributed by atoms with E-state index in [4.69, 9.17) is 21.5 Å². The second-order valence-electron chi connectivity index (χ2n) is 6.81. The molecular formula is C16H25ClN2O4. The summed E-state index contributed by atoms with van der Waals surface area (Å²) >= 11 is 6.46. The highest BCUT2D eigenvalue weighted by Gasteiger charge is 2.60. The Morgan fingerprint density at radius 2 is 1.96 bits per heavy atom. The Hall–Kier alpha value is -0.690. The molecule has 0 aromatic carbocycles. The van der Waals surface area contributed by atoms with E-state index in [2.05, 4.69) is 0 Å². The molecule has 1 N–H and O–H groups in total. The van der Waals surface area contributed by atoms with Gasteiger partial charge in [-0.2, -0.15) is 5.06 Å². The lowest BCUT2D eigenvalue weighted by Crippen LogP contribution is -2.47. The van der Waals surface area contributed by atoms with Crippen molar-refractivity contribution < 1.29 is 19.5 Å². The summed E-state index contributed by atoms with van der Waals surface area (Å²) in [6.07, 6.45) is 5.53. The minimum atomic E-state index is -0.727. The number of carbonyl (C=O) groups is 2. The summed E-state index contributed by atoms with van der Waals surface area (Å²) in [7, 11) is 1.73. The molecule has 2 saturated heterocycles. The van der Waals surface area contributed by atoms with E-state index >= 15 is 0 Å². The zero-order valence-electron chi connectivity index (χ0n) is 13.5. The van der Waals surface area contributed by atoms with Gasteiger partial charge in [0.15, 0.2) is 6.10 Å². The van der Waals surface area contributed by atoms with Gasteiger partial charge in [0, 0.05) is 19.7 Å². The van der Waals surface area contributed by atoms with Crippen molar-refractivity contribution in [2.45, 2.75) is 68.5 Å². The number of hydrogen-bond donors (Lipinski definition) is 1. The highest BCUT2D eigenvalue weighted by atomic mass is 35.5. The number of likely N-dealkylation sites (tertiary alicyclic amines) is 1. The molecule has 2 amide bonds. The van der Waals surface area contributed by atoms with E-state index in [9.17, 15) is 9.59 Å². The number of alkyl halides is 1. The van der Waals surface area contributed by atoms with Crippen LogP contribution in [0.3, 0.4) is 0 Å². The summed E-state index contributed by atoms with van der Waals surface area (Å²) < 4.78 is 0. The molecule has 130 valence electrons. The van der Waals surface area contributed by atoms with Crippen LogP contribution < -0.4 is 0 Å². The number of halogens is 1. The molecule has 0 aromatic heterocycles. The summed E-state index contributed by atoms with van der Waals surface area (Å²) in [5.74, 6) is -0.848. The molecule has 3 aliphatic rings. The van der Waals surface area contributed by atoms with Crippen molar-refractivity contribution >= 4 is 23.4 Å². The van der Waals surface area contributed by atoms with Gasteiger partial charge in [-0.1, -0.05) is 19.3 Å². The van der Waals surface area contributed by atoms with E-state index in [0.29, 0.717) is 12.8 Å². The van der Waals surface area contributed by atoms with E-state index in [1.807, 2.05) is 0 Å². The summed E-state index contributed by atoms with van der Waals surface area (Å²) in [6, 6.07) is -0.298. The first-order valence-electron chi connectivity index (χ1n) is 8.57. The normalized spacial score (nSPS) is 34.2. The van der Waals surface area contributed by atoms with Crippen molar-refractivity contribution in [1.29, 1.82) is 0 Å². The monoisotopic (exact) mass is 344 g/mol. The minimum absolute atomic E-state index is 0.0233. The number of aliphatic hydroxyl groups excluding tert-OH is 1. The maximum Gasteiger partial charge on any atom is 0.261 e. The zero-order chi connectivity index (χ0) is 16.6. The van der Waals surface area contributed by atoms with Crippen molar-refractivity contribution in [2.24, 2.45) is 5.92 Å². The van der Waals surface area contributed by atoms with Gasteiger partial charge in [0.25, 0.3) is 5.91 Å². The van der Waals surface area contributed by atoms with Crippen molar-refractivity contribution in [3.05, 3.63) is 0 Å². The van der Waals surface area contributed by atoms with Crippen LogP contribution >= 0.6 is 11.6 Å². The third kappa shape index (κ3) is 3.02. The van der Waals surface area contributed by atoms with E-state index < -0.39 is 12.0 Å². The number of nitrogens with zero attached hydrogens (tertiary/aromatic N) is 2. The van der Waals surface area contributed by atoms with Gasteiger partial charge in [-0.25, -0.2) is 0 Å². The molecule has 0 spiro atoms. The van der Waals surface area contributed by atoms with Crippen LogP contribution in [0.1, 0.15) is 44.9 Å². The fraction of sp³-hybridized carbons (Fsp3) is 0.875. The second-order valence-corrected chi connectivity index (χ2v) is 7.37. The number of carbonyl (C=O) groups excluding carboxylic acids is 2. The van der Waals surface area contributed by atoms with Gasteiger partial charge >= 0.3 is 0 Å². The quantitative estimate of drug-likeness (QED) is 0.601. The van der Waals surface area contributed by atoms with Gasteiger partial charge in [0.05, 0.1) is 17.3 Å². The lowest BCUT2D eigenvalue weighted by molar-refractivity contribution is -0.171. The number of amides is 2. The predicted molar refractivity (Wildman–Crippen MR) is 84.6 cm³/mol. The van der Waals surface area contributed by atoms with Crippen LogP contribution in [0, 0.1) is 5.92 Å². The minimum Gasteiger partial charge on any atom is -0.396 e. The Balaban J connectivity index is 1.77. The number of hydroxylamine groups is 2. The number of rotatable bonds is 5. The molecule has 6 nitrogen and oxygen atoms in total. The number of aliphatic hydroxyl groups is 1. The van der Waals surface area contributed by atoms with Crippen LogP contribution in [0.2, 0.25) is 0 Å².